The van der Waals surface area contributed by atoms with E-state index in [9.17, 15) is 0 Å². The molecule has 1 heteroatoms. The number of allylic oxidation sites excluding steroid dienone is 5. The van der Waals surface area contributed by atoms with E-state index in [1.54, 1.807) is 0 Å². The van der Waals surface area contributed by atoms with Gasteiger partial charge in [-0.05, 0) is 43.0 Å². The van der Waals surface area contributed by atoms with Crippen molar-refractivity contribution in [3.63, 3.8) is 0 Å². The van der Waals surface area contributed by atoms with Crippen LogP contribution in [0.5, 0.6) is 0 Å². The number of rotatable bonds is 2. The second-order valence-electron chi connectivity index (χ2n) is 5.45. The summed E-state index contributed by atoms with van der Waals surface area (Å²) in [6.07, 6.45) is 10.1. The highest BCUT2D eigenvalue weighted by Gasteiger charge is 2.35. The smallest absolute Gasteiger partial charge is 0.0462 e. The lowest BCUT2D eigenvalue weighted by atomic mass is 9.92. The molecule has 1 aromatic rings. The van der Waals surface area contributed by atoms with E-state index in [-0.39, 0.29) is 4.75 Å². The zero-order valence-electron chi connectivity index (χ0n) is 11.4. The summed E-state index contributed by atoms with van der Waals surface area (Å²) in [5, 5.41) is 0. The first-order chi connectivity index (χ1) is 9.08. The average molecular weight is 266 g/mol. The van der Waals surface area contributed by atoms with Gasteiger partial charge in [0, 0.05) is 9.65 Å². The van der Waals surface area contributed by atoms with Crippen LogP contribution in [0.3, 0.4) is 0 Å². The summed E-state index contributed by atoms with van der Waals surface area (Å²) >= 11 is 1.98. The second kappa shape index (κ2) is 4.57. The summed E-state index contributed by atoms with van der Waals surface area (Å²) in [5.74, 6) is 0. The maximum Gasteiger partial charge on any atom is 0.0462 e. The van der Waals surface area contributed by atoms with Crippen LogP contribution in [0.2, 0.25) is 0 Å². The van der Waals surface area contributed by atoms with Gasteiger partial charge in [0.15, 0.2) is 0 Å². The molecule has 1 heterocycles. The molecule has 0 amide bonds. The standard InChI is InChI=1S/C18H18S/c1-13(2)14-7-9-15(10-8-14)17-12-16-6-4-5-11-18(16,3)19-17/h4-10,12H,1,11H2,2-3H3. The normalized spacial score (nSPS) is 24.7. The van der Waals surface area contributed by atoms with Crippen molar-refractivity contribution in [1.82, 2.24) is 0 Å². The van der Waals surface area contributed by atoms with E-state index in [1.165, 1.54) is 21.6 Å². The Bertz CT molecular complexity index is 614. The molecule has 0 aromatic heterocycles. The van der Waals surface area contributed by atoms with Crippen molar-refractivity contribution < 1.29 is 0 Å². The van der Waals surface area contributed by atoms with Gasteiger partial charge in [-0.15, -0.1) is 11.8 Å². The van der Waals surface area contributed by atoms with Gasteiger partial charge in [-0.1, -0.05) is 54.6 Å². The van der Waals surface area contributed by atoms with Gasteiger partial charge in [0.1, 0.15) is 0 Å². The molecule has 0 saturated carbocycles. The molecule has 1 atom stereocenters. The van der Waals surface area contributed by atoms with E-state index in [4.69, 9.17) is 0 Å². The molecule has 1 aromatic carbocycles. The lowest BCUT2D eigenvalue weighted by Crippen LogP contribution is -2.19. The van der Waals surface area contributed by atoms with Gasteiger partial charge in [0.05, 0.1) is 0 Å². The quantitative estimate of drug-likeness (QED) is 0.685. The fraction of sp³-hybridized carbons (Fsp3) is 0.222. The van der Waals surface area contributed by atoms with Crippen molar-refractivity contribution in [1.29, 1.82) is 0 Å². The SMILES string of the molecule is C=C(C)c1ccc(C2=CC3=CC=CCC3(C)S2)cc1. The Kier molecular flexibility index (Phi) is 3.02. The van der Waals surface area contributed by atoms with Gasteiger partial charge >= 0.3 is 0 Å². The molecule has 3 rings (SSSR count). The molecule has 1 aliphatic carbocycles. The molecule has 0 bridgehead atoms. The average Bonchev–Trinajstić information content (AvgIpc) is 2.76. The van der Waals surface area contributed by atoms with E-state index in [2.05, 4.69) is 62.1 Å². The highest BCUT2D eigenvalue weighted by atomic mass is 32.2. The van der Waals surface area contributed by atoms with Gasteiger partial charge in [-0.2, -0.15) is 0 Å². The highest BCUT2D eigenvalue weighted by Crippen LogP contribution is 2.52. The first kappa shape index (κ1) is 12.6. The van der Waals surface area contributed by atoms with Gasteiger partial charge in [0.2, 0.25) is 0 Å². The summed E-state index contributed by atoms with van der Waals surface area (Å²) in [6.45, 7) is 8.36. The fourth-order valence-electron chi connectivity index (χ4n) is 2.53. The van der Waals surface area contributed by atoms with Crippen LogP contribution in [0.1, 0.15) is 31.4 Å². The van der Waals surface area contributed by atoms with Crippen molar-refractivity contribution in [2.24, 2.45) is 0 Å². The Labute approximate surface area is 119 Å². The van der Waals surface area contributed by atoms with Crippen LogP contribution in [0.15, 0.2) is 60.7 Å². The Morgan fingerprint density at radius 1 is 1.26 bits per heavy atom. The van der Waals surface area contributed by atoms with Gasteiger partial charge in [-0.25, -0.2) is 0 Å². The maximum absolute atomic E-state index is 3.99. The first-order valence-corrected chi connectivity index (χ1v) is 7.44. The molecule has 96 valence electrons. The minimum atomic E-state index is 0.233. The lowest BCUT2D eigenvalue weighted by molar-refractivity contribution is 0.774. The summed E-state index contributed by atoms with van der Waals surface area (Å²) in [6, 6.07) is 8.74. The van der Waals surface area contributed by atoms with Crippen molar-refractivity contribution in [3.05, 3.63) is 71.8 Å². The second-order valence-corrected chi connectivity index (χ2v) is 7.00. The Morgan fingerprint density at radius 3 is 2.63 bits per heavy atom. The van der Waals surface area contributed by atoms with Crippen molar-refractivity contribution >= 4 is 22.2 Å². The third-order valence-electron chi connectivity index (χ3n) is 3.81. The van der Waals surface area contributed by atoms with E-state index in [0.717, 1.165) is 12.0 Å². The van der Waals surface area contributed by atoms with E-state index < -0.39 is 0 Å². The van der Waals surface area contributed by atoms with Crippen LogP contribution in [0, 0.1) is 0 Å². The van der Waals surface area contributed by atoms with E-state index >= 15 is 0 Å². The van der Waals surface area contributed by atoms with Crippen LogP contribution >= 0.6 is 11.8 Å². The molecule has 0 radical (unpaired) electrons. The van der Waals surface area contributed by atoms with E-state index in [0.29, 0.717) is 0 Å². The number of hydrogen-bond acceptors (Lipinski definition) is 1. The molecule has 1 unspecified atom stereocenters. The molecule has 0 spiro atoms. The number of hydrogen-bond donors (Lipinski definition) is 0. The lowest BCUT2D eigenvalue weighted by Gasteiger charge is -2.26. The zero-order valence-corrected chi connectivity index (χ0v) is 12.3. The third-order valence-corrected chi connectivity index (χ3v) is 5.24. The van der Waals surface area contributed by atoms with Crippen LogP contribution < -0.4 is 0 Å². The van der Waals surface area contributed by atoms with Crippen LogP contribution in [0.4, 0.5) is 0 Å². The molecule has 2 aliphatic rings. The summed E-state index contributed by atoms with van der Waals surface area (Å²) in [4.78, 5) is 1.38. The molecule has 0 saturated heterocycles. The molecular weight excluding hydrogens is 248 g/mol. The highest BCUT2D eigenvalue weighted by molar-refractivity contribution is 8.10. The van der Waals surface area contributed by atoms with Gasteiger partial charge < -0.3 is 0 Å². The Hall–Kier alpha value is -1.47. The van der Waals surface area contributed by atoms with Gasteiger partial charge in [0.25, 0.3) is 0 Å². The van der Waals surface area contributed by atoms with Crippen LogP contribution in [0.25, 0.3) is 10.5 Å². The van der Waals surface area contributed by atoms with Crippen molar-refractivity contribution in [2.75, 3.05) is 0 Å². The maximum atomic E-state index is 3.99. The topological polar surface area (TPSA) is 0 Å². The molecular formula is C18H18S. The molecule has 0 N–H and O–H groups in total. The Balaban J connectivity index is 1.92. The molecule has 0 nitrogen and oxygen atoms in total. The zero-order chi connectivity index (χ0) is 13.5. The van der Waals surface area contributed by atoms with E-state index in [1.807, 2.05) is 18.7 Å². The molecule has 1 aliphatic heterocycles. The third kappa shape index (κ3) is 2.23. The number of fused-ring (bicyclic) bond motifs is 1. The summed E-state index contributed by atoms with van der Waals surface area (Å²) in [5.41, 5.74) is 5.09. The summed E-state index contributed by atoms with van der Waals surface area (Å²) < 4.78 is 0.233. The van der Waals surface area contributed by atoms with Crippen LogP contribution in [-0.2, 0) is 0 Å². The fourth-order valence-corrected chi connectivity index (χ4v) is 3.88. The van der Waals surface area contributed by atoms with Gasteiger partial charge in [-0.3, -0.25) is 0 Å². The van der Waals surface area contributed by atoms with Crippen molar-refractivity contribution in [3.8, 4) is 0 Å². The predicted octanol–water partition coefficient (Wildman–Crippen LogP) is 5.45. The predicted molar refractivity (Wildman–Crippen MR) is 87.0 cm³/mol. The Morgan fingerprint density at radius 2 is 2.00 bits per heavy atom. The monoisotopic (exact) mass is 266 g/mol. The first-order valence-electron chi connectivity index (χ1n) is 6.63. The molecule has 19 heavy (non-hydrogen) atoms. The molecule has 0 fully saturated rings. The minimum absolute atomic E-state index is 0.233. The largest absolute Gasteiger partial charge is 0.114 e. The van der Waals surface area contributed by atoms with Crippen LogP contribution in [-0.4, -0.2) is 4.75 Å². The summed E-state index contributed by atoms with van der Waals surface area (Å²) in [7, 11) is 0. The minimum Gasteiger partial charge on any atom is -0.114 e. The van der Waals surface area contributed by atoms with Crippen molar-refractivity contribution in [2.45, 2.75) is 25.0 Å². The number of thioether (sulfide) groups is 1. The number of benzene rings is 1.